The molecular weight excluding hydrogens is 238 g/mol. The molecule has 0 aliphatic heterocycles. The van der Waals surface area contributed by atoms with E-state index in [1.165, 1.54) is 24.8 Å². The maximum atomic E-state index is 3.64. The molecule has 0 bridgehead atoms. The topological polar surface area (TPSA) is 12.0 Å². The van der Waals surface area contributed by atoms with Crippen molar-refractivity contribution >= 4 is 15.9 Å². The highest BCUT2D eigenvalue weighted by atomic mass is 79.9. The molecule has 1 fully saturated rings. The van der Waals surface area contributed by atoms with Crippen molar-refractivity contribution in [3.8, 4) is 0 Å². The van der Waals surface area contributed by atoms with Gasteiger partial charge in [-0.15, -0.1) is 0 Å². The molecule has 1 atom stereocenters. The Morgan fingerprint density at radius 2 is 1.93 bits per heavy atom. The number of halogens is 1. The minimum absolute atomic E-state index is 0.480. The first-order valence-electron chi connectivity index (χ1n) is 5.27. The van der Waals surface area contributed by atoms with Gasteiger partial charge in [0.15, 0.2) is 0 Å². The molecule has 2 rings (SSSR count). The van der Waals surface area contributed by atoms with Crippen molar-refractivity contribution in [1.82, 2.24) is 5.32 Å². The number of hydrogen-bond acceptors (Lipinski definition) is 1. The van der Waals surface area contributed by atoms with E-state index in [0.717, 1.165) is 10.5 Å². The predicted molar refractivity (Wildman–Crippen MR) is 63.3 cm³/mol. The van der Waals surface area contributed by atoms with Gasteiger partial charge in [-0.2, -0.15) is 0 Å². The first-order chi connectivity index (χ1) is 6.75. The molecule has 0 heterocycles. The second kappa shape index (κ2) is 4.45. The maximum Gasteiger partial charge on any atom is 0.0294 e. The van der Waals surface area contributed by atoms with Crippen LogP contribution in [0.4, 0.5) is 0 Å². The third kappa shape index (κ3) is 2.37. The molecule has 2 heteroatoms. The van der Waals surface area contributed by atoms with E-state index in [4.69, 9.17) is 0 Å². The van der Waals surface area contributed by atoms with Gasteiger partial charge in [0, 0.05) is 16.6 Å². The molecule has 1 N–H and O–H groups in total. The molecule has 1 aliphatic rings. The van der Waals surface area contributed by atoms with Gasteiger partial charge in [0.05, 0.1) is 0 Å². The second-order valence-electron chi connectivity index (χ2n) is 4.07. The molecule has 1 aliphatic carbocycles. The normalized spacial score (nSPS) is 19.0. The van der Waals surface area contributed by atoms with Crippen LogP contribution in [0, 0.1) is 0 Å². The number of rotatable bonds is 3. The number of nitrogens with one attached hydrogen (secondary N) is 1. The molecule has 1 aromatic carbocycles. The lowest BCUT2D eigenvalue weighted by Crippen LogP contribution is -2.36. The summed E-state index contributed by atoms with van der Waals surface area (Å²) in [5.41, 5.74) is 1.38. The highest BCUT2D eigenvalue weighted by molar-refractivity contribution is 9.10. The molecule has 0 spiro atoms. The average molecular weight is 254 g/mol. The van der Waals surface area contributed by atoms with Crippen LogP contribution in [-0.2, 0) is 0 Å². The van der Waals surface area contributed by atoms with E-state index in [1.54, 1.807) is 0 Å². The summed E-state index contributed by atoms with van der Waals surface area (Å²) in [6, 6.07) is 9.81. The van der Waals surface area contributed by atoms with Gasteiger partial charge in [-0.3, -0.25) is 0 Å². The second-order valence-corrected chi connectivity index (χ2v) is 4.98. The van der Waals surface area contributed by atoms with Gasteiger partial charge in [-0.05, 0) is 37.5 Å². The third-order valence-corrected chi connectivity index (χ3v) is 3.49. The molecular formula is C12H16BrN. The molecule has 14 heavy (non-hydrogen) atoms. The van der Waals surface area contributed by atoms with Gasteiger partial charge in [0.2, 0.25) is 0 Å². The zero-order valence-electron chi connectivity index (χ0n) is 8.46. The Morgan fingerprint density at radius 3 is 2.43 bits per heavy atom. The highest BCUT2D eigenvalue weighted by Crippen LogP contribution is 2.23. The van der Waals surface area contributed by atoms with Crippen LogP contribution in [0.15, 0.2) is 28.7 Å². The van der Waals surface area contributed by atoms with Crippen molar-refractivity contribution in [2.45, 2.75) is 38.3 Å². The summed E-state index contributed by atoms with van der Waals surface area (Å²) in [4.78, 5) is 0. The quantitative estimate of drug-likeness (QED) is 0.868. The fourth-order valence-corrected chi connectivity index (χ4v) is 2.04. The van der Waals surface area contributed by atoms with Gasteiger partial charge in [0.25, 0.3) is 0 Å². The Balaban J connectivity index is 1.95. The Morgan fingerprint density at radius 1 is 1.29 bits per heavy atom. The van der Waals surface area contributed by atoms with Crippen LogP contribution in [-0.4, -0.2) is 6.04 Å². The largest absolute Gasteiger partial charge is 0.307 e. The molecule has 0 radical (unpaired) electrons. The van der Waals surface area contributed by atoms with Gasteiger partial charge in [-0.1, -0.05) is 34.5 Å². The fraction of sp³-hybridized carbons (Fsp3) is 0.500. The van der Waals surface area contributed by atoms with E-state index in [2.05, 4.69) is 52.4 Å². The minimum atomic E-state index is 0.480. The van der Waals surface area contributed by atoms with E-state index >= 15 is 0 Å². The summed E-state index contributed by atoms with van der Waals surface area (Å²) in [5.74, 6) is 0. The van der Waals surface area contributed by atoms with Gasteiger partial charge < -0.3 is 5.32 Å². The summed E-state index contributed by atoms with van der Waals surface area (Å²) < 4.78 is 1.15. The number of benzene rings is 1. The van der Waals surface area contributed by atoms with Crippen molar-refractivity contribution in [2.75, 3.05) is 0 Å². The lowest BCUT2D eigenvalue weighted by molar-refractivity contribution is 0.313. The molecule has 1 nitrogen and oxygen atoms in total. The molecule has 0 unspecified atom stereocenters. The average Bonchev–Trinajstić information content (AvgIpc) is 2.12. The summed E-state index contributed by atoms with van der Waals surface area (Å²) in [5, 5.41) is 3.64. The zero-order valence-corrected chi connectivity index (χ0v) is 10.0. The van der Waals surface area contributed by atoms with Crippen molar-refractivity contribution in [3.63, 3.8) is 0 Å². The summed E-state index contributed by atoms with van der Waals surface area (Å²) in [6.45, 7) is 2.24. The van der Waals surface area contributed by atoms with Crippen LogP contribution in [0.2, 0.25) is 0 Å². The van der Waals surface area contributed by atoms with Crippen LogP contribution in [0.1, 0.15) is 37.8 Å². The van der Waals surface area contributed by atoms with E-state index in [9.17, 15) is 0 Å². The molecule has 1 saturated carbocycles. The molecule has 0 amide bonds. The summed E-state index contributed by atoms with van der Waals surface area (Å²) in [7, 11) is 0. The van der Waals surface area contributed by atoms with Crippen molar-refractivity contribution < 1.29 is 0 Å². The number of hydrogen-bond donors (Lipinski definition) is 1. The molecule has 1 aromatic rings. The maximum absolute atomic E-state index is 3.64. The smallest absolute Gasteiger partial charge is 0.0294 e. The SMILES string of the molecule is C[C@H](NC1CCC1)c1ccc(Br)cc1. The van der Waals surface area contributed by atoms with Crippen LogP contribution in [0.5, 0.6) is 0 Å². The van der Waals surface area contributed by atoms with E-state index in [0.29, 0.717) is 6.04 Å². The van der Waals surface area contributed by atoms with Gasteiger partial charge in [-0.25, -0.2) is 0 Å². The van der Waals surface area contributed by atoms with E-state index < -0.39 is 0 Å². The Bertz CT molecular complexity index is 290. The molecule has 0 aromatic heterocycles. The Hall–Kier alpha value is -0.340. The standard InChI is InChI=1S/C12H16BrN/c1-9(14-12-3-2-4-12)10-5-7-11(13)8-6-10/h5-9,12,14H,2-4H2,1H3/t9-/m0/s1. The lowest BCUT2D eigenvalue weighted by atomic mass is 9.92. The fourth-order valence-electron chi connectivity index (χ4n) is 1.78. The first-order valence-corrected chi connectivity index (χ1v) is 6.06. The Labute approximate surface area is 94.0 Å². The highest BCUT2D eigenvalue weighted by Gasteiger charge is 2.19. The Kier molecular flexibility index (Phi) is 3.24. The van der Waals surface area contributed by atoms with Crippen LogP contribution >= 0.6 is 15.9 Å². The summed E-state index contributed by atoms with van der Waals surface area (Å²) >= 11 is 3.45. The third-order valence-electron chi connectivity index (χ3n) is 2.96. The van der Waals surface area contributed by atoms with Crippen molar-refractivity contribution in [1.29, 1.82) is 0 Å². The van der Waals surface area contributed by atoms with Crippen LogP contribution in [0.3, 0.4) is 0 Å². The monoisotopic (exact) mass is 253 g/mol. The summed E-state index contributed by atoms with van der Waals surface area (Å²) in [6.07, 6.45) is 4.09. The zero-order chi connectivity index (χ0) is 9.97. The van der Waals surface area contributed by atoms with Crippen molar-refractivity contribution in [2.24, 2.45) is 0 Å². The first kappa shape index (κ1) is 10.2. The van der Waals surface area contributed by atoms with Gasteiger partial charge >= 0.3 is 0 Å². The van der Waals surface area contributed by atoms with Crippen LogP contribution in [0.25, 0.3) is 0 Å². The van der Waals surface area contributed by atoms with E-state index in [1.807, 2.05) is 0 Å². The molecule has 76 valence electrons. The van der Waals surface area contributed by atoms with Crippen molar-refractivity contribution in [3.05, 3.63) is 34.3 Å². The van der Waals surface area contributed by atoms with Gasteiger partial charge in [0.1, 0.15) is 0 Å². The molecule has 0 saturated heterocycles. The van der Waals surface area contributed by atoms with E-state index in [-0.39, 0.29) is 0 Å². The predicted octanol–water partition coefficient (Wildman–Crippen LogP) is 3.65. The lowest BCUT2D eigenvalue weighted by Gasteiger charge is -2.30. The van der Waals surface area contributed by atoms with Crippen LogP contribution < -0.4 is 5.32 Å². The minimum Gasteiger partial charge on any atom is -0.307 e.